The third-order valence-corrected chi connectivity index (χ3v) is 7.26. The minimum Gasteiger partial charge on any atom is -0.472 e. The molecule has 9 nitrogen and oxygen atoms in total. The molecule has 2 aromatic rings. The Kier molecular flexibility index (Phi) is 6.66. The Bertz CT molecular complexity index is 1080. The first-order valence-corrected chi connectivity index (χ1v) is 12.4. The number of hydrogen-bond donors (Lipinski definition) is 0. The van der Waals surface area contributed by atoms with E-state index in [1.165, 1.54) is 6.26 Å². The Labute approximate surface area is 204 Å². The normalized spacial score (nSPS) is 22.9. The highest BCUT2D eigenvalue weighted by molar-refractivity contribution is 6.17. The summed E-state index contributed by atoms with van der Waals surface area (Å²) in [4.78, 5) is 45.5. The number of fused-ring (bicyclic) bond motifs is 1. The Balaban J connectivity index is 1.45. The monoisotopic (exact) mass is 481 g/mol. The van der Waals surface area contributed by atoms with E-state index in [1.807, 2.05) is 11.0 Å². The predicted octanol–water partition coefficient (Wildman–Crippen LogP) is 3.05. The zero-order valence-electron chi connectivity index (χ0n) is 20.0. The molecule has 0 aromatic carbocycles. The van der Waals surface area contributed by atoms with Crippen LogP contribution in [0.3, 0.4) is 0 Å². The van der Waals surface area contributed by atoms with E-state index in [0.29, 0.717) is 38.5 Å². The van der Waals surface area contributed by atoms with Crippen LogP contribution in [0.4, 0.5) is 0 Å². The molecule has 2 unspecified atom stereocenters. The van der Waals surface area contributed by atoms with Gasteiger partial charge in [0.15, 0.2) is 5.76 Å². The van der Waals surface area contributed by atoms with Crippen LogP contribution >= 0.6 is 0 Å². The minimum atomic E-state index is -0.567. The van der Waals surface area contributed by atoms with Crippen molar-refractivity contribution in [2.24, 2.45) is 5.92 Å². The Hall–Kier alpha value is -3.49. The van der Waals surface area contributed by atoms with Crippen molar-refractivity contribution in [2.45, 2.75) is 45.2 Å². The minimum absolute atomic E-state index is 0.0158. The summed E-state index contributed by atoms with van der Waals surface area (Å²) in [6.07, 6.45) is 8.62. The topological polar surface area (TPSA) is 96.4 Å². The molecule has 1 saturated carbocycles. The number of amides is 2. The van der Waals surface area contributed by atoms with Crippen molar-refractivity contribution in [3.63, 3.8) is 0 Å². The van der Waals surface area contributed by atoms with Gasteiger partial charge in [0.25, 0.3) is 11.8 Å². The first kappa shape index (κ1) is 23.3. The van der Waals surface area contributed by atoms with Crippen molar-refractivity contribution in [1.29, 1.82) is 0 Å². The van der Waals surface area contributed by atoms with Gasteiger partial charge < -0.3 is 28.3 Å². The molecule has 5 rings (SSSR count). The number of nitrogens with zero attached hydrogens (tertiary/aromatic N) is 3. The van der Waals surface area contributed by atoms with Gasteiger partial charge in [0.2, 0.25) is 0 Å². The molecule has 2 aliphatic heterocycles. The van der Waals surface area contributed by atoms with Crippen molar-refractivity contribution >= 4 is 17.8 Å². The summed E-state index contributed by atoms with van der Waals surface area (Å²) < 4.78 is 15.9. The molecule has 2 amide bonds. The molecule has 4 heterocycles. The quantitative estimate of drug-likeness (QED) is 0.462. The third-order valence-electron chi connectivity index (χ3n) is 7.26. The summed E-state index contributed by atoms with van der Waals surface area (Å²) in [6.45, 7) is 4.41. The maximum Gasteiger partial charge on any atom is 0.345 e. The second kappa shape index (κ2) is 10.0. The third kappa shape index (κ3) is 4.47. The van der Waals surface area contributed by atoms with Gasteiger partial charge in [-0.25, -0.2) is 4.79 Å². The van der Waals surface area contributed by atoms with E-state index in [9.17, 15) is 14.4 Å². The van der Waals surface area contributed by atoms with Gasteiger partial charge in [-0.1, -0.05) is 12.8 Å². The van der Waals surface area contributed by atoms with E-state index in [4.69, 9.17) is 13.6 Å². The van der Waals surface area contributed by atoms with Crippen LogP contribution in [0.5, 0.6) is 0 Å². The molecule has 9 heteroatoms. The molecule has 1 saturated heterocycles. The van der Waals surface area contributed by atoms with Crippen LogP contribution in [0.2, 0.25) is 0 Å². The maximum absolute atomic E-state index is 13.8. The van der Waals surface area contributed by atoms with Crippen molar-refractivity contribution < 1.29 is 28.0 Å². The molecule has 0 bridgehead atoms. The van der Waals surface area contributed by atoms with E-state index >= 15 is 0 Å². The smallest absolute Gasteiger partial charge is 0.345 e. The lowest BCUT2D eigenvalue weighted by Crippen LogP contribution is -2.57. The number of furan rings is 2. The molecule has 186 valence electrons. The highest BCUT2D eigenvalue weighted by Gasteiger charge is 2.47. The van der Waals surface area contributed by atoms with E-state index in [0.717, 1.165) is 36.9 Å². The lowest BCUT2D eigenvalue weighted by molar-refractivity contribution is -0.145. The van der Waals surface area contributed by atoms with Gasteiger partial charge in [0.1, 0.15) is 5.57 Å². The van der Waals surface area contributed by atoms with Crippen molar-refractivity contribution in [3.05, 3.63) is 59.6 Å². The second-order valence-corrected chi connectivity index (χ2v) is 9.26. The van der Waals surface area contributed by atoms with Crippen LogP contribution in [-0.2, 0) is 20.9 Å². The first-order chi connectivity index (χ1) is 17.1. The van der Waals surface area contributed by atoms with Crippen LogP contribution in [0.15, 0.2) is 57.1 Å². The van der Waals surface area contributed by atoms with E-state index in [-0.39, 0.29) is 36.0 Å². The molecule has 0 N–H and O–H groups in total. The van der Waals surface area contributed by atoms with Crippen molar-refractivity contribution in [1.82, 2.24) is 14.7 Å². The Morgan fingerprint density at radius 3 is 2.57 bits per heavy atom. The molecule has 1 aliphatic carbocycles. The highest BCUT2D eigenvalue weighted by atomic mass is 16.5. The predicted molar refractivity (Wildman–Crippen MR) is 125 cm³/mol. The van der Waals surface area contributed by atoms with Crippen molar-refractivity contribution in [3.8, 4) is 0 Å². The Morgan fingerprint density at radius 1 is 1.09 bits per heavy atom. The fourth-order valence-corrected chi connectivity index (χ4v) is 5.66. The van der Waals surface area contributed by atoms with E-state index in [1.54, 1.807) is 36.5 Å². The molecule has 0 spiro atoms. The second-order valence-electron chi connectivity index (χ2n) is 9.26. The van der Waals surface area contributed by atoms with Crippen LogP contribution < -0.4 is 0 Å². The molecule has 2 fully saturated rings. The molecule has 2 atom stereocenters. The average molecular weight is 482 g/mol. The number of rotatable bonds is 6. The number of piperazine rings is 1. The molecular weight excluding hydrogens is 450 g/mol. The standard InChI is InChI=1S/C26H31N3O6/c1-2-34-26(32)22-23(27-10-12-28(13-11-27)24(30)21-8-5-14-35-21)19-6-3-4-7-20(19)29(25(22)31)16-18-9-15-33-17-18/h5,8-9,14-15,17,19-20H,2-4,6-7,10-13,16H2,1H3. The summed E-state index contributed by atoms with van der Waals surface area (Å²) in [7, 11) is 0. The van der Waals surface area contributed by atoms with Gasteiger partial charge in [0.05, 0.1) is 25.4 Å². The summed E-state index contributed by atoms with van der Waals surface area (Å²) in [6, 6.07) is 5.23. The van der Waals surface area contributed by atoms with Crippen LogP contribution in [0, 0.1) is 5.92 Å². The SMILES string of the molecule is CCOC(=O)C1=C(N2CCN(C(=O)c3ccco3)CC2)C2CCCCC2N(Cc2ccoc2)C1=O. The molecule has 0 radical (unpaired) electrons. The van der Waals surface area contributed by atoms with Crippen LogP contribution in [0.1, 0.15) is 48.7 Å². The lowest BCUT2D eigenvalue weighted by atomic mass is 9.76. The van der Waals surface area contributed by atoms with Crippen LogP contribution in [-0.4, -0.2) is 71.3 Å². The number of esters is 1. The summed E-state index contributed by atoms with van der Waals surface area (Å²) in [5.41, 5.74) is 1.84. The number of hydrogen-bond acceptors (Lipinski definition) is 7. The van der Waals surface area contributed by atoms with Crippen molar-refractivity contribution in [2.75, 3.05) is 32.8 Å². The number of carbonyl (C=O) groups is 3. The van der Waals surface area contributed by atoms with E-state index in [2.05, 4.69) is 4.90 Å². The van der Waals surface area contributed by atoms with Gasteiger partial charge in [-0.05, 0) is 38.0 Å². The largest absolute Gasteiger partial charge is 0.472 e. The van der Waals surface area contributed by atoms with E-state index < -0.39 is 5.97 Å². The van der Waals surface area contributed by atoms with Crippen LogP contribution in [0.25, 0.3) is 0 Å². The molecule has 35 heavy (non-hydrogen) atoms. The zero-order chi connectivity index (χ0) is 24.4. The summed E-state index contributed by atoms with van der Waals surface area (Å²) in [5, 5.41) is 0. The lowest BCUT2D eigenvalue weighted by Gasteiger charge is -2.49. The molecule has 3 aliphatic rings. The van der Waals surface area contributed by atoms with Gasteiger partial charge >= 0.3 is 5.97 Å². The summed E-state index contributed by atoms with van der Waals surface area (Å²) >= 11 is 0. The fourth-order valence-electron chi connectivity index (χ4n) is 5.66. The number of carbonyl (C=O) groups excluding carboxylic acids is 3. The average Bonchev–Trinajstić information content (AvgIpc) is 3.60. The Morgan fingerprint density at radius 2 is 1.89 bits per heavy atom. The zero-order valence-corrected chi connectivity index (χ0v) is 20.0. The van der Waals surface area contributed by atoms with Gasteiger partial charge in [-0.3, -0.25) is 9.59 Å². The molecular formula is C26H31N3O6. The molecule has 2 aromatic heterocycles. The fraction of sp³-hybridized carbons (Fsp3) is 0.500. The van der Waals surface area contributed by atoms with Gasteiger partial charge in [-0.15, -0.1) is 0 Å². The first-order valence-electron chi connectivity index (χ1n) is 12.4. The van der Waals surface area contributed by atoms with Gasteiger partial charge in [0, 0.05) is 55.9 Å². The van der Waals surface area contributed by atoms with Gasteiger partial charge in [-0.2, -0.15) is 0 Å². The maximum atomic E-state index is 13.8. The number of ether oxygens (including phenoxy) is 1. The summed E-state index contributed by atoms with van der Waals surface area (Å²) in [5.74, 6) is -0.615. The highest BCUT2D eigenvalue weighted by Crippen LogP contribution is 2.42.